The van der Waals surface area contributed by atoms with Gasteiger partial charge >= 0.3 is 0 Å². The van der Waals surface area contributed by atoms with Crippen molar-refractivity contribution in [3.8, 4) is 11.5 Å². The second-order valence-electron chi connectivity index (χ2n) is 5.17. The van der Waals surface area contributed by atoms with Crippen LogP contribution < -0.4 is 14.2 Å². The van der Waals surface area contributed by atoms with Gasteiger partial charge in [0, 0.05) is 6.54 Å². The molecule has 0 atom stereocenters. The lowest BCUT2D eigenvalue weighted by Crippen LogP contribution is -2.27. The van der Waals surface area contributed by atoms with E-state index in [4.69, 9.17) is 9.47 Å². The molecule has 0 saturated carbocycles. The van der Waals surface area contributed by atoms with Gasteiger partial charge in [-0.1, -0.05) is 24.3 Å². The maximum absolute atomic E-state index is 13.5. The van der Waals surface area contributed by atoms with Gasteiger partial charge in [0.1, 0.15) is 5.82 Å². The summed E-state index contributed by atoms with van der Waals surface area (Å²) < 4.78 is 50.5. The van der Waals surface area contributed by atoms with E-state index in [1.165, 1.54) is 20.3 Å². The highest BCUT2D eigenvalue weighted by atomic mass is 32.2. The minimum Gasteiger partial charge on any atom is -0.493 e. The van der Waals surface area contributed by atoms with Crippen LogP contribution in [0.25, 0.3) is 0 Å². The summed E-state index contributed by atoms with van der Waals surface area (Å²) in [6.45, 7) is 0.125. The zero-order chi connectivity index (χ0) is 17.6. The topological polar surface area (TPSA) is 64.6 Å². The van der Waals surface area contributed by atoms with E-state index in [2.05, 4.69) is 4.72 Å². The number of aryl methyl sites for hydroxylation is 1. The average molecular weight is 353 g/mol. The third-order valence-corrected chi connectivity index (χ3v) is 4.87. The average Bonchev–Trinajstić information content (AvgIpc) is 2.59. The van der Waals surface area contributed by atoms with E-state index in [1.807, 2.05) is 0 Å². The molecule has 5 nitrogen and oxygen atoms in total. The van der Waals surface area contributed by atoms with E-state index < -0.39 is 15.8 Å². The van der Waals surface area contributed by atoms with Crippen molar-refractivity contribution >= 4 is 10.0 Å². The van der Waals surface area contributed by atoms with E-state index in [1.54, 1.807) is 36.4 Å². The molecular weight excluding hydrogens is 333 g/mol. The molecule has 0 spiro atoms. The molecule has 2 aromatic rings. The van der Waals surface area contributed by atoms with Crippen LogP contribution in [0.5, 0.6) is 11.5 Å². The maximum Gasteiger partial charge on any atom is 0.212 e. The van der Waals surface area contributed by atoms with E-state index in [0.29, 0.717) is 17.1 Å². The van der Waals surface area contributed by atoms with Crippen molar-refractivity contribution < 1.29 is 22.3 Å². The zero-order valence-corrected chi connectivity index (χ0v) is 14.4. The quantitative estimate of drug-likeness (QED) is 0.792. The minimum atomic E-state index is -3.52. The highest BCUT2D eigenvalue weighted by Crippen LogP contribution is 2.27. The van der Waals surface area contributed by atoms with Gasteiger partial charge in [-0.3, -0.25) is 0 Å². The molecule has 0 bridgehead atoms. The Bertz CT molecular complexity index is 793. The third-order valence-electron chi connectivity index (χ3n) is 3.54. The van der Waals surface area contributed by atoms with Crippen LogP contribution in [0.3, 0.4) is 0 Å². The lowest BCUT2D eigenvalue weighted by Gasteiger charge is -2.11. The van der Waals surface area contributed by atoms with Crippen molar-refractivity contribution in [2.75, 3.05) is 20.0 Å². The maximum atomic E-state index is 13.5. The molecule has 130 valence electrons. The van der Waals surface area contributed by atoms with Gasteiger partial charge < -0.3 is 9.47 Å². The first-order valence-electron chi connectivity index (χ1n) is 7.37. The van der Waals surface area contributed by atoms with Gasteiger partial charge in [0.15, 0.2) is 11.5 Å². The molecular formula is C17H20FNO4S. The molecule has 0 aliphatic rings. The molecule has 24 heavy (non-hydrogen) atoms. The van der Waals surface area contributed by atoms with Crippen LogP contribution in [0, 0.1) is 5.82 Å². The van der Waals surface area contributed by atoms with Crippen LogP contribution in [0.4, 0.5) is 4.39 Å². The van der Waals surface area contributed by atoms with Crippen molar-refractivity contribution in [2.24, 2.45) is 0 Å². The summed E-state index contributed by atoms with van der Waals surface area (Å²) in [6.07, 6.45) is 0.119. The fourth-order valence-electron chi connectivity index (χ4n) is 2.20. The predicted molar refractivity (Wildman–Crippen MR) is 90.3 cm³/mol. The summed E-state index contributed by atoms with van der Waals surface area (Å²) in [5, 5.41) is 0. The Morgan fingerprint density at radius 2 is 1.75 bits per heavy atom. The summed E-state index contributed by atoms with van der Waals surface area (Å²) in [7, 11) is -0.474. The molecule has 0 heterocycles. The fourth-order valence-corrected chi connectivity index (χ4v) is 3.22. The Balaban J connectivity index is 1.96. The molecule has 7 heteroatoms. The molecule has 2 aromatic carbocycles. The van der Waals surface area contributed by atoms with Crippen LogP contribution in [0.15, 0.2) is 42.5 Å². The smallest absolute Gasteiger partial charge is 0.212 e. The first kappa shape index (κ1) is 18.2. The van der Waals surface area contributed by atoms with Crippen LogP contribution in [-0.2, 0) is 23.0 Å². The number of halogens is 1. The van der Waals surface area contributed by atoms with Crippen LogP contribution in [-0.4, -0.2) is 28.4 Å². The third kappa shape index (κ3) is 4.94. The van der Waals surface area contributed by atoms with Crippen molar-refractivity contribution in [3.05, 3.63) is 59.4 Å². The van der Waals surface area contributed by atoms with Crippen LogP contribution >= 0.6 is 0 Å². The van der Waals surface area contributed by atoms with Crippen molar-refractivity contribution in [1.82, 2.24) is 4.72 Å². The molecule has 0 amide bonds. The number of hydrogen-bond donors (Lipinski definition) is 1. The normalized spacial score (nSPS) is 11.3. The van der Waals surface area contributed by atoms with Crippen LogP contribution in [0.2, 0.25) is 0 Å². The minimum absolute atomic E-state index is 0.119. The van der Waals surface area contributed by atoms with Crippen molar-refractivity contribution in [1.29, 1.82) is 0 Å². The number of rotatable bonds is 8. The van der Waals surface area contributed by atoms with E-state index >= 15 is 0 Å². The van der Waals surface area contributed by atoms with Gasteiger partial charge in [0.25, 0.3) is 0 Å². The number of nitrogens with one attached hydrogen (secondary N) is 1. The van der Waals surface area contributed by atoms with Gasteiger partial charge in [0.2, 0.25) is 10.0 Å². The standard InChI is InChI=1S/C17H20FNO4S/c1-22-16-8-7-13(11-17(16)23-2)12-19-24(20,21)10-9-14-5-3-4-6-15(14)18/h3-8,11,19H,9-10,12H2,1-2H3. The Morgan fingerprint density at radius 1 is 1.04 bits per heavy atom. The lowest BCUT2D eigenvalue weighted by molar-refractivity contribution is 0.354. The summed E-state index contributed by atoms with van der Waals surface area (Å²) in [4.78, 5) is 0. The SMILES string of the molecule is COc1ccc(CNS(=O)(=O)CCc2ccccc2F)cc1OC. The van der Waals surface area contributed by atoms with E-state index in [0.717, 1.165) is 5.56 Å². The van der Waals surface area contributed by atoms with Gasteiger partial charge in [0.05, 0.1) is 20.0 Å². The number of sulfonamides is 1. The monoisotopic (exact) mass is 353 g/mol. The van der Waals surface area contributed by atoms with E-state index in [-0.39, 0.29) is 18.7 Å². The molecule has 0 aliphatic heterocycles. The van der Waals surface area contributed by atoms with Crippen molar-refractivity contribution in [3.63, 3.8) is 0 Å². The van der Waals surface area contributed by atoms with E-state index in [9.17, 15) is 12.8 Å². The summed E-state index contributed by atoms with van der Waals surface area (Å²) in [6, 6.07) is 11.3. The molecule has 1 N–H and O–H groups in total. The second kappa shape index (κ2) is 8.12. The molecule has 2 rings (SSSR count). The summed E-state index contributed by atoms with van der Waals surface area (Å²) >= 11 is 0. The largest absolute Gasteiger partial charge is 0.493 e. The number of benzene rings is 2. The summed E-state index contributed by atoms with van der Waals surface area (Å²) in [5.74, 6) is 0.526. The molecule has 0 fully saturated rings. The molecule has 0 unspecified atom stereocenters. The molecule has 0 radical (unpaired) electrons. The number of ether oxygens (including phenoxy) is 2. The fraction of sp³-hybridized carbons (Fsp3) is 0.294. The first-order valence-corrected chi connectivity index (χ1v) is 9.02. The molecule has 0 aromatic heterocycles. The van der Waals surface area contributed by atoms with Gasteiger partial charge in [-0.15, -0.1) is 0 Å². The summed E-state index contributed by atoms with van der Waals surface area (Å²) in [5.41, 5.74) is 1.12. The highest BCUT2D eigenvalue weighted by molar-refractivity contribution is 7.89. The Morgan fingerprint density at radius 3 is 2.42 bits per heavy atom. The van der Waals surface area contributed by atoms with Gasteiger partial charge in [-0.2, -0.15) is 0 Å². The van der Waals surface area contributed by atoms with Gasteiger partial charge in [-0.05, 0) is 35.7 Å². The van der Waals surface area contributed by atoms with Gasteiger partial charge in [-0.25, -0.2) is 17.5 Å². The number of methoxy groups -OCH3 is 2. The Hall–Kier alpha value is -2.12. The zero-order valence-electron chi connectivity index (χ0n) is 13.6. The molecule has 0 aliphatic carbocycles. The Labute approximate surface area is 141 Å². The lowest BCUT2D eigenvalue weighted by atomic mass is 10.2. The second-order valence-corrected chi connectivity index (χ2v) is 7.10. The van der Waals surface area contributed by atoms with Crippen LogP contribution in [0.1, 0.15) is 11.1 Å². The van der Waals surface area contributed by atoms with Crippen molar-refractivity contribution in [2.45, 2.75) is 13.0 Å². The first-order chi connectivity index (χ1) is 11.4. The molecule has 0 saturated heterocycles. The highest BCUT2D eigenvalue weighted by Gasteiger charge is 2.13. The number of hydrogen-bond acceptors (Lipinski definition) is 4. The Kier molecular flexibility index (Phi) is 6.16. The predicted octanol–water partition coefficient (Wildman–Crippen LogP) is 2.51.